The molecule has 1 heteroatoms. The maximum absolute atomic E-state index is 3.54. The Morgan fingerprint density at radius 1 is 1.33 bits per heavy atom. The van der Waals surface area contributed by atoms with E-state index in [4.69, 9.17) is 0 Å². The Kier molecular flexibility index (Phi) is 4.09. The molecule has 0 saturated carbocycles. The second kappa shape index (κ2) is 5.15. The number of nitrogens with one attached hydrogen (secondary N) is 1. The van der Waals surface area contributed by atoms with E-state index in [-0.39, 0.29) is 0 Å². The minimum absolute atomic E-state index is 0.611. The molecule has 1 aliphatic rings. The lowest BCUT2D eigenvalue weighted by molar-refractivity contribution is 0.444. The van der Waals surface area contributed by atoms with Gasteiger partial charge in [-0.3, -0.25) is 0 Å². The minimum Gasteiger partial charge on any atom is -0.310 e. The minimum atomic E-state index is 0.611. The quantitative estimate of drug-likeness (QED) is 0.620. The molecule has 1 atom stereocenters. The lowest BCUT2D eigenvalue weighted by atomic mass is 9.97. The predicted octanol–water partition coefficient (Wildman–Crippen LogP) is 2.65. The maximum atomic E-state index is 3.54. The number of piperidine rings is 1. The van der Waals surface area contributed by atoms with Gasteiger partial charge in [0.1, 0.15) is 0 Å². The van der Waals surface area contributed by atoms with E-state index in [9.17, 15) is 0 Å². The van der Waals surface area contributed by atoms with Crippen LogP contribution < -0.4 is 5.32 Å². The summed E-state index contributed by atoms with van der Waals surface area (Å²) in [5.41, 5.74) is 1.44. The van der Waals surface area contributed by atoms with Gasteiger partial charge in [-0.1, -0.05) is 24.6 Å². The Labute approximate surface area is 75.6 Å². The molecule has 0 aromatic heterocycles. The van der Waals surface area contributed by atoms with E-state index >= 15 is 0 Å². The SMILES string of the molecule is C/C=C\C(=C/C)[C@H]1CCCCN1. The molecule has 0 aliphatic carbocycles. The first kappa shape index (κ1) is 9.53. The van der Waals surface area contributed by atoms with Crippen LogP contribution in [0.5, 0.6) is 0 Å². The molecule has 0 bridgehead atoms. The van der Waals surface area contributed by atoms with Crippen LogP contribution in [-0.4, -0.2) is 12.6 Å². The topological polar surface area (TPSA) is 12.0 Å². The highest BCUT2D eigenvalue weighted by molar-refractivity contribution is 5.24. The van der Waals surface area contributed by atoms with Gasteiger partial charge in [0.05, 0.1) is 0 Å². The largest absolute Gasteiger partial charge is 0.310 e. The first-order valence-corrected chi connectivity index (χ1v) is 4.90. The summed E-state index contributed by atoms with van der Waals surface area (Å²) < 4.78 is 0. The average Bonchev–Trinajstić information content (AvgIpc) is 2.15. The monoisotopic (exact) mass is 165 g/mol. The summed E-state index contributed by atoms with van der Waals surface area (Å²) in [4.78, 5) is 0. The zero-order valence-electron chi connectivity index (χ0n) is 8.14. The molecule has 68 valence electrons. The van der Waals surface area contributed by atoms with Crippen molar-refractivity contribution >= 4 is 0 Å². The van der Waals surface area contributed by atoms with E-state index in [2.05, 4.69) is 37.4 Å². The highest BCUT2D eigenvalue weighted by Crippen LogP contribution is 2.15. The van der Waals surface area contributed by atoms with Crippen LogP contribution in [-0.2, 0) is 0 Å². The summed E-state index contributed by atoms with van der Waals surface area (Å²) >= 11 is 0. The third-order valence-electron chi connectivity index (χ3n) is 2.41. The van der Waals surface area contributed by atoms with E-state index < -0.39 is 0 Å². The molecule has 1 aliphatic heterocycles. The number of hydrogen-bond acceptors (Lipinski definition) is 1. The van der Waals surface area contributed by atoms with Gasteiger partial charge in [0.25, 0.3) is 0 Å². The van der Waals surface area contributed by atoms with E-state index in [0.717, 1.165) is 0 Å². The van der Waals surface area contributed by atoms with E-state index in [1.54, 1.807) is 0 Å². The summed E-state index contributed by atoms with van der Waals surface area (Å²) in [6.45, 7) is 5.37. The smallest absolute Gasteiger partial charge is 0.0316 e. The van der Waals surface area contributed by atoms with Crippen LogP contribution in [0.4, 0.5) is 0 Å². The molecule has 1 heterocycles. The Balaban J connectivity index is 2.52. The normalized spacial score (nSPS) is 26.5. The predicted molar refractivity (Wildman–Crippen MR) is 54.2 cm³/mol. The molecule has 12 heavy (non-hydrogen) atoms. The van der Waals surface area contributed by atoms with E-state index in [1.807, 2.05) is 0 Å². The van der Waals surface area contributed by atoms with Gasteiger partial charge in [-0.2, -0.15) is 0 Å². The third-order valence-corrected chi connectivity index (χ3v) is 2.41. The fraction of sp³-hybridized carbons (Fsp3) is 0.636. The molecule has 0 aromatic rings. The second-order valence-electron chi connectivity index (χ2n) is 3.29. The van der Waals surface area contributed by atoms with Crippen LogP contribution in [0.2, 0.25) is 0 Å². The zero-order chi connectivity index (χ0) is 8.81. The molecule has 1 rings (SSSR count). The van der Waals surface area contributed by atoms with Crippen molar-refractivity contribution in [2.24, 2.45) is 0 Å². The summed E-state index contributed by atoms with van der Waals surface area (Å²) in [5.74, 6) is 0. The van der Waals surface area contributed by atoms with Crippen molar-refractivity contribution in [2.75, 3.05) is 6.54 Å². The summed E-state index contributed by atoms with van der Waals surface area (Å²) in [6, 6.07) is 0.611. The number of allylic oxidation sites excluding steroid dienone is 2. The van der Waals surface area contributed by atoms with Crippen LogP contribution in [0, 0.1) is 0 Å². The number of rotatable bonds is 2. The fourth-order valence-electron chi connectivity index (χ4n) is 1.74. The zero-order valence-corrected chi connectivity index (χ0v) is 8.14. The van der Waals surface area contributed by atoms with Gasteiger partial charge in [-0.15, -0.1) is 0 Å². The van der Waals surface area contributed by atoms with E-state index in [1.165, 1.54) is 31.4 Å². The first-order valence-electron chi connectivity index (χ1n) is 4.90. The lowest BCUT2D eigenvalue weighted by Crippen LogP contribution is -2.34. The molecule has 1 saturated heterocycles. The van der Waals surface area contributed by atoms with Gasteiger partial charge < -0.3 is 5.32 Å². The van der Waals surface area contributed by atoms with Crippen LogP contribution in [0.1, 0.15) is 33.1 Å². The van der Waals surface area contributed by atoms with Crippen LogP contribution in [0.3, 0.4) is 0 Å². The second-order valence-corrected chi connectivity index (χ2v) is 3.29. The molecule has 0 radical (unpaired) electrons. The molecular weight excluding hydrogens is 146 g/mol. The average molecular weight is 165 g/mol. The molecule has 0 unspecified atom stereocenters. The Morgan fingerprint density at radius 3 is 2.67 bits per heavy atom. The Hall–Kier alpha value is -0.560. The Morgan fingerprint density at radius 2 is 2.17 bits per heavy atom. The highest BCUT2D eigenvalue weighted by atomic mass is 14.9. The maximum Gasteiger partial charge on any atom is 0.0316 e. The van der Waals surface area contributed by atoms with Crippen molar-refractivity contribution in [1.82, 2.24) is 5.32 Å². The van der Waals surface area contributed by atoms with Gasteiger partial charge in [0.15, 0.2) is 0 Å². The van der Waals surface area contributed by atoms with Crippen molar-refractivity contribution in [3.05, 3.63) is 23.8 Å². The van der Waals surface area contributed by atoms with Gasteiger partial charge in [0.2, 0.25) is 0 Å². The number of hydrogen-bond donors (Lipinski definition) is 1. The van der Waals surface area contributed by atoms with Crippen molar-refractivity contribution in [3.8, 4) is 0 Å². The molecule has 0 spiro atoms. The standard InChI is InChI=1S/C11H19N/c1-3-7-10(4-2)11-8-5-6-9-12-11/h3-4,7,11-12H,5-6,8-9H2,1-2H3/b7-3-,10-4+/t11-/m1/s1. The highest BCUT2D eigenvalue weighted by Gasteiger charge is 2.13. The van der Waals surface area contributed by atoms with Crippen molar-refractivity contribution in [1.29, 1.82) is 0 Å². The van der Waals surface area contributed by atoms with Gasteiger partial charge in [-0.05, 0) is 38.8 Å². The third kappa shape index (κ3) is 2.49. The summed E-state index contributed by atoms with van der Waals surface area (Å²) in [5, 5.41) is 3.54. The molecule has 0 amide bonds. The fourth-order valence-corrected chi connectivity index (χ4v) is 1.74. The van der Waals surface area contributed by atoms with Crippen molar-refractivity contribution in [3.63, 3.8) is 0 Å². The molecule has 1 fully saturated rings. The molecule has 0 aromatic carbocycles. The Bertz CT molecular complexity index is 173. The van der Waals surface area contributed by atoms with Crippen LogP contribution in [0.25, 0.3) is 0 Å². The molecule has 1 nitrogen and oxygen atoms in total. The molecule has 1 N–H and O–H groups in total. The lowest BCUT2D eigenvalue weighted by Gasteiger charge is -2.24. The van der Waals surface area contributed by atoms with Crippen molar-refractivity contribution in [2.45, 2.75) is 39.2 Å². The van der Waals surface area contributed by atoms with Crippen molar-refractivity contribution < 1.29 is 0 Å². The molecular formula is C11H19N. The van der Waals surface area contributed by atoms with Crippen LogP contribution >= 0.6 is 0 Å². The van der Waals surface area contributed by atoms with Gasteiger partial charge in [-0.25, -0.2) is 0 Å². The first-order chi connectivity index (χ1) is 5.88. The van der Waals surface area contributed by atoms with Gasteiger partial charge >= 0.3 is 0 Å². The van der Waals surface area contributed by atoms with Crippen LogP contribution in [0.15, 0.2) is 23.8 Å². The summed E-state index contributed by atoms with van der Waals surface area (Å²) in [6.07, 6.45) is 10.5. The summed E-state index contributed by atoms with van der Waals surface area (Å²) in [7, 11) is 0. The van der Waals surface area contributed by atoms with Gasteiger partial charge in [0, 0.05) is 6.04 Å². The van der Waals surface area contributed by atoms with E-state index in [0.29, 0.717) is 6.04 Å².